The molecule has 1 atom stereocenters. The predicted octanol–water partition coefficient (Wildman–Crippen LogP) is 3.77. The molecule has 1 N–H and O–H groups in total. The fraction of sp³-hybridized carbons (Fsp3) is 0.429. The molecule has 8 rings (SSSR count). The Balaban J connectivity index is 0.793. The van der Waals surface area contributed by atoms with Crippen LogP contribution >= 0.6 is 0 Å². The maximum atomic E-state index is 13.2. The summed E-state index contributed by atoms with van der Waals surface area (Å²) in [6.45, 7) is 4.70. The van der Waals surface area contributed by atoms with E-state index in [0.29, 0.717) is 17.7 Å². The highest BCUT2D eigenvalue weighted by Gasteiger charge is 2.53. The topological polar surface area (TPSA) is 153 Å². The molecule has 0 radical (unpaired) electrons. The first kappa shape index (κ1) is 37.3. The second kappa shape index (κ2) is 14.8. The fourth-order valence-electron chi connectivity index (χ4n) is 8.93. The molecular formula is C42H46N6O8. The normalized spacial score (nSPS) is 19.3. The Hall–Kier alpha value is -5.60. The van der Waals surface area contributed by atoms with Gasteiger partial charge in [0.1, 0.15) is 23.3 Å². The van der Waals surface area contributed by atoms with Crippen LogP contribution in [0.25, 0.3) is 21.9 Å². The van der Waals surface area contributed by atoms with E-state index >= 15 is 0 Å². The van der Waals surface area contributed by atoms with Gasteiger partial charge in [0.15, 0.2) is 0 Å². The van der Waals surface area contributed by atoms with Crippen LogP contribution in [0.15, 0.2) is 59.8 Å². The Labute approximate surface area is 324 Å². The van der Waals surface area contributed by atoms with Gasteiger partial charge in [-0.05, 0) is 99.6 Å². The number of unbranched alkanes of at least 4 members (excludes halogenated alkanes) is 1. The highest BCUT2D eigenvalue weighted by atomic mass is 16.5. The van der Waals surface area contributed by atoms with Gasteiger partial charge in [-0.25, -0.2) is 0 Å². The maximum absolute atomic E-state index is 13.2. The van der Waals surface area contributed by atoms with Gasteiger partial charge in [0, 0.05) is 62.7 Å². The number of imide groups is 2. The molecular weight excluding hydrogens is 716 g/mol. The average molecular weight is 763 g/mol. The van der Waals surface area contributed by atoms with Crippen molar-refractivity contribution in [3.63, 3.8) is 0 Å². The number of nitrogens with zero attached hydrogens (tertiary/aromatic N) is 5. The van der Waals surface area contributed by atoms with Crippen LogP contribution in [-0.2, 0) is 23.2 Å². The number of aromatic nitrogens is 2. The summed E-state index contributed by atoms with van der Waals surface area (Å²) in [6.07, 6.45) is 9.40. The molecule has 2 aromatic heterocycles. The second-order valence-electron chi connectivity index (χ2n) is 15.7. The summed E-state index contributed by atoms with van der Waals surface area (Å²) in [5.74, 6) is -0.0792. The number of piperidine rings is 1. The fourth-order valence-corrected chi connectivity index (χ4v) is 8.93. The first-order valence-corrected chi connectivity index (χ1v) is 19.1. The van der Waals surface area contributed by atoms with Crippen LogP contribution in [0, 0.1) is 5.41 Å². The molecule has 14 heteroatoms. The van der Waals surface area contributed by atoms with Gasteiger partial charge < -0.3 is 28.6 Å². The number of benzene rings is 2. The van der Waals surface area contributed by atoms with E-state index in [9.17, 15) is 24.0 Å². The number of carbonyl (C=O) groups excluding carboxylic acids is 4. The van der Waals surface area contributed by atoms with Crippen LogP contribution in [-0.4, -0.2) is 107 Å². The van der Waals surface area contributed by atoms with Crippen LogP contribution in [0.1, 0.15) is 64.8 Å². The lowest BCUT2D eigenvalue weighted by Gasteiger charge is -2.58. The molecule has 14 nitrogen and oxygen atoms in total. The molecule has 56 heavy (non-hydrogen) atoms. The Kier molecular flexibility index (Phi) is 9.87. The lowest BCUT2D eigenvalue weighted by molar-refractivity contribution is -0.136. The standard InChI is InChI=1S/C42H46N6O8/c1-45(21-33-35(54-3)15-25(16-36(33)55-4)32-22-46(2)39(51)31-20-43-12-11-28(31)32)13-5-6-14-47-23-42(24-47)18-27(19-42)56-26-7-8-29-30(17-26)41(53)48(40(29)52)34-9-10-37(49)44-38(34)50/h7-8,11-12,15-17,20,22,27,34H,5-6,9-10,13-14,18-19,21,23-24H2,1-4H3,(H,44,49,50). The Morgan fingerprint density at radius 2 is 1.64 bits per heavy atom. The summed E-state index contributed by atoms with van der Waals surface area (Å²) in [6, 6.07) is 9.80. The monoisotopic (exact) mass is 762 g/mol. The summed E-state index contributed by atoms with van der Waals surface area (Å²) in [5.41, 5.74) is 3.41. The summed E-state index contributed by atoms with van der Waals surface area (Å²) >= 11 is 0. The molecule has 1 spiro atoms. The van der Waals surface area contributed by atoms with Gasteiger partial charge in [0.2, 0.25) is 11.8 Å². The number of fused-ring (bicyclic) bond motifs is 2. The van der Waals surface area contributed by atoms with Gasteiger partial charge >= 0.3 is 0 Å². The maximum Gasteiger partial charge on any atom is 0.262 e. The third-order valence-corrected chi connectivity index (χ3v) is 11.7. The molecule has 1 unspecified atom stereocenters. The Morgan fingerprint density at radius 3 is 2.36 bits per heavy atom. The van der Waals surface area contributed by atoms with Crippen molar-refractivity contribution in [1.82, 2.24) is 29.6 Å². The smallest absolute Gasteiger partial charge is 0.262 e. The molecule has 1 saturated carbocycles. The molecule has 1 aliphatic carbocycles. The van der Waals surface area contributed by atoms with Crippen molar-refractivity contribution in [2.24, 2.45) is 12.5 Å². The van der Waals surface area contributed by atoms with E-state index in [1.54, 1.807) is 56.4 Å². The van der Waals surface area contributed by atoms with E-state index in [4.69, 9.17) is 14.2 Å². The largest absolute Gasteiger partial charge is 0.496 e. The number of nitrogens with one attached hydrogen (secondary N) is 1. The minimum absolute atomic E-state index is 0.0448. The first-order valence-electron chi connectivity index (χ1n) is 19.1. The second-order valence-corrected chi connectivity index (χ2v) is 15.7. The number of hydrogen-bond donors (Lipinski definition) is 1. The van der Waals surface area contributed by atoms with Gasteiger partial charge in [-0.15, -0.1) is 0 Å². The predicted molar refractivity (Wildman–Crippen MR) is 207 cm³/mol. The number of hydrogen-bond acceptors (Lipinski definition) is 11. The molecule has 4 aliphatic rings. The first-order chi connectivity index (χ1) is 27.0. The number of amides is 4. The molecule has 5 heterocycles. The average Bonchev–Trinajstić information content (AvgIpc) is 3.40. The number of ether oxygens (including phenoxy) is 3. The van der Waals surface area contributed by atoms with Crippen molar-refractivity contribution in [3.05, 3.63) is 82.0 Å². The van der Waals surface area contributed by atoms with E-state index in [1.807, 2.05) is 24.4 Å². The van der Waals surface area contributed by atoms with Crippen molar-refractivity contribution in [3.8, 4) is 28.4 Å². The van der Waals surface area contributed by atoms with Gasteiger partial charge in [0.05, 0.1) is 42.4 Å². The highest BCUT2D eigenvalue weighted by Crippen LogP contribution is 2.50. The molecule has 3 fully saturated rings. The van der Waals surface area contributed by atoms with E-state index in [-0.39, 0.29) is 41.0 Å². The summed E-state index contributed by atoms with van der Waals surface area (Å²) in [7, 11) is 7.18. The van der Waals surface area contributed by atoms with Gasteiger partial charge in [-0.3, -0.25) is 39.2 Å². The van der Waals surface area contributed by atoms with Crippen molar-refractivity contribution in [2.45, 2.75) is 57.2 Å². The molecule has 0 bridgehead atoms. The number of likely N-dealkylation sites (tertiary alicyclic amines) is 1. The lowest BCUT2D eigenvalue weighted by atomic mass is 9.61. The van der Waals surface area contributed by atoms with Crippen molar-refractivity contribution in [1.29, 1.82) is 0 Å². The molecule has 4 amide bonds. The summed E-state index contributed by atoms with van der Waals surface area (Å²) in [5, 5.41) is 3.61. The van der Waals surface area contributed by atoms with E-state index < -0.39 is 29.7 Å². The zero-order valence-electron chi connectivity index (χ0n) is 32.1. The SMILES string of the molecule is COc1cc(-c2cn(C)c(=O)c3cnccc23)cc(OC)c1CN(C)CCCCN1CC2(CC(Oc3ccc4c(c3)C(=O)N(C3CCC(=O)NC3=O)C4=O)C2)C1. The third kappa shape index (κ3) is 6.81. The minimum Gasteiger partial charge on any atom is -0.496 e. The molecule has 292 valence electrons. The number of aryl methyl sites for hydroxylation is 1. The quantitative estimate of drug-likeness (QED) is 0.157. The highest BCUT2D eigenvalue weighted by molar-refractivity contribution is 6.23. The molecule has 3 aliphatic heterocycles. The lowest BCUT2D eigenvalue weighted by Crippen LogP contribution is -2.64. The van der Waals surface area contributed by atoms with Crippen molar-refractivity contribution >= 4 is 34.4 Å². The number of rotatable bonds is 13. The molecule has 2 saturated heterocycles. The Morgan fingerprint density at radius 1 is 0.911 bits per heavy atom. The van der Waals surface area contributed by atoms with E-state index in [1.165, 1.54) is 0 Å². The van der Waals surface area contributed by atoms with Crippen molar-refractivity contribution < 1.29 is 33.4 Å². The molecule has 2 aromatic carbocycles. The number of carbonyl (C=O) groups is 4. The van der Waals surface area contributed by atoms with Gasteiger partial charge in [0.25, 0.3) is 17.4 Å². The van der Waals surface area contributed by atoms with E-state index in [2.05, 4.69) is 27.1 Å². The summed E-state index contributed by atoms with van der Waals surface area (Å²) in [4.78, 5) is 72.8. The third-order valence-electron chi connectivity index (χ3n) is 11.7. The van der Waals surface area contributed by atoms with E-state index in [0.717, 1.165) is 90.3 Å². The minimum atomic E-state index is -0.989. The van der Waals surface area contributed by atoms with Crippen LogP contribution < -0.4 is 25.1 Å². The van der Waals surface area contributed by atoms with Gasteiger partial charge in [-0.1, -0.05) is 0 Å². The van der Waals surface area contributed by atoms with Crippen LogP contribution in [0.3, 0.4) is 0 Å². The van der Waals surface area contributed by atoms with Crippen LogP contribution in [0.5, 0.6) is 17.2 Å². The van der Waals surface area contributed by atoms with Crippen LogP contribution in [0.4, 0.5) is 0 Å². The van der Waals surface area contributed by atoms with Gasteiger partial charge in [-0.2, -0.15) is 0 Å². The molecule has 4 aromatic rings. The number of pyridine rings is 2. The van der Waals surface area contributed by atoms with Crippen LogP contribution in [0.2, 0.25) is 0 Å². The summed E-state index contributed by atoms with van der Waals surface area (Å²) < 4.78 is 19.6. The zero-order valence-corrected chi connectivity index (χ0v) is 32.1. The Bertz CT molecular complexity index is 2280. The number of methoxy groups -OCH3 is 2. The zero-order chi connectivity index (χ0) is 39.3. The van der Waals surface area contributed by atoms with Crippen molar-refractivity contribution in [2.75, 3.05) is 47.4 Å².